The zero-order valence-corrected chi connectivity index (χ0v) is 10.7. The van der Waals surface area contributed by atoms with Crippen LogP contribution >= 0.6 is 0 Å². The van der Waals surface area contributed by atoms with E-state index in [2.05, 4.69) is 11.9 Å². The summed E-state index contributed by atoms with van der Waals surface area (Å²) in [5.41, 5.74) is 1.47. The molecule has 2 unspecified atom stereocenters. The van der Waals surface area contributed by atoms with Gasteiger partial charge >= 0.3 is 11.7 Å². The highest BCUT2D eigenvalue weighted by molar-refractivity contribution is 5.92. The summed E-state index contributed by atoms with van der Waals surface area (Å²) in [7, 11) is 0. The summed E-state index contributed by atoms with van der Waals surface area (Å²) in [4.78, 5) is 25.7. The van der Waals surface area contributed by atoms with E-state index in [1.165, 1.54) is 6.07 Å². The Morgan fingerprint density at radius 3 is 3.00 bits per heavy atom. The molecule has 1 saturated carbocycles. The van der Waals surface area contributed by atoms with Crippen LogP contribution in [0, 0.1) is 5.92 Å². The van der Waals surface area contributed by atoms with Crippen molar-refractivity contribution in [2.24, 2.45) is 5.92 Å². The average Bonchev–Trinajstić information content (AvgIpc) is 3.02. The molecule has 0 aliphatic heterocycles. The number of H-pyrrole nitrogens is 1. The fraction of sp³-hybridized carbons (Fsp3) is 0.429. The lowest BCUT2D eigenvalue weighted by Gasteiger charge is -2.02. The first-order valence-electron chi connectivity index (χ1n) is 6.59. The van der Waals surface area contributed by atoms with Crippen LogP contribution in [0.25, 0.3) is 11.0 Å². The number of carbonyl (C=O) groups is 1. The van der Waals surface area contributed by atoms with Crippen molar-refractivity contribution in [3.05, 3.63) is 34.2 Å². The highest BCUT2D eigenvalue weighted by atomic mass is 16.4. The van der Waals surface area contributed by atoms with Crippen LogP contribution in [-0.4, -0.2) is 20.6 Å². The smallest absolute Gasteiger partial charge is 0.335 e. The Bertz CT molecular complexity index is 698. The first-order chi connectivity index (χ1) is 9.11. The van der Waals surface area contributed by atoms with Crippen LogP contribution in [0.15, 0.2) is 23.0 Å². The van der Waals surface area contributed by atoms with E-state index in [9.17, 15) is 9.59 Å². The van der Waals surface area contributed by atoms with Gasteiger partial charge in [-0.25, -0.2) is 9.59 Å². The number of hydrogen-bond donors (Lipinski definition) is 2. The first kappa shape index (κ1) is 12.0. The zero-order valence-electron chi connectivity index (χ0n) is 10.7. The van der Waals surface area contributed by atoms with Gasteiger partial charge in [-0.3, -0.25) is 4.57 Å². The number of aromatic nitrogens is 2. The molecule has 1 aliphatic rings. The summed E-state index contributed by atoms with van der Waals surface area (Å²) in [5, 5.41) is 8.96. The Hall–Kier alpha value is -2.04. The molecule has 100 valence electrons. The van der Waals surface area contributed by atoms with Crippen LogP contribution in [0.1, 0.15) is 42.6 Å². The molecule has 3 rings (SSSR count). The number of carboxylic acid groups (broad SMARTS) is 1. The number of aromatic carboxylic acids is 1. The molecule has 5 heteroatoms. The molecule has 19 heavy (non-hydrogen) atoms. The minimum atomic E-state index is -0.981. The number of aromatic amines is 1. The number of hydrogen-bond acceptors (Lipinski definition) is 2. The molecule has 2 atom stereocenters. The third-order valence-corrected chi connectivity index (χ3v) is 3.84. The minimum absolute atomic E-state index is 0.138. The number of carboxylic acids is 1. The lowest BCUT2D eigenvalue weighted by Crippen LogP contribution is -2.16. The first-order valence-corrected chi connectivity index (χ1v) is 6.59. The normalized spacial score (nSPS) is 21.7. The van der Waals surface area contributed by atoms with Crippen molar-refractivity contribution in [2.75, 3.05) is 0 Å². The summed E-state index contributed by atoms with van der Waals surface area (Å²) >= 11 is 0. The van der Waals surface area contributed by atoms with E-state index in [1.54, 1.807) is 16.7 Å². The quantitative estimate of drug-likeness (QED) is 0.886. The molecule has 2 N–H and O–H groups in total. The number of benzene rings is 1. The van der Waals surface area contributed by atoms with E-state index < -0.39 is 5.97 Å². The van der Waals surface area contributed by atoms with Gasteiger partial charge in [0.05, 0.1) is 16.6 Å². The predicted molar refractivity (Wildman–Crippen MR) is 71.6 cm³/mol. The van der Waals surface area contributed by atoms with Gasteiger partial charge in [-0.1, -0.05) is 13.3 Å². The van der Waals surface area contributed by atoms with E-state index in [-0.39, 0.29) is 17.3 Å². The maximum Gasteiger partial charge on any atom is 0.335 e. The third-order valence-electron chi connectivity index (χ3n) is 3.84. The number of imidazole rings is 1. The van der Waals surface area contributed by atoms with Crippen molar-refractivity contribution in [3.8, 4) is 0 Å². The molecule has 1 fully saturated rings. The van der Waals surface area contributed by atoms with Gasteiger partial charge in [-0.2, -0.15) is 0 Å². The fourth-order valence-electron chi connectivity index (χ4n) is 2.82. The second-order valence-electron chi connectivity index (χ2n) is 5.19. The Balaban J connectivity index is 2.04. The Labute approximate surface area is 109 Å². The van der Waals surface area contributed by atoms with Gasteiger partial charge in [0.2, 0.25) is 0 Å². The largest absolute Gasteiger partial charge is 0.478 e. The molecule has 5 nitrogen and oxygen atoms in total. The van der Waals surface area contributed by atoms with E-state index in [0.29, 0.717) is 11.4 Å². The summed E-state index contributed by atoms with van der Waals surface area (Å²) in [6.45, 7) is 2.15. The summed E-state index contributed by atoms with van der Waals surface area (Å²) in [6, 6.07) is 5.06. The van der Waals surface area contributed by atoms with E-state index in [0.717, 1.165) is 24.8 Å². The van der Waals surface area contributed by atoms with Crippen molar-refractivity contribution < 1.29 is 9.90 Å². The van der Waals surface area contributed by atoms with Gasteiger partial charge in [0.25, 0.3) is 0 Å². The molecule has 0 radical (unpaired) electrons. The lowest BCUT2D eigenvalue weighted by atomic mass is 10.2. The van der Waals surface area contributed by atoms with Gasteiger partial charge in [0, 0.05) is 6.04 Å². The Morgan fingerprint density at radius 1 is 1.53 bits per heavy atom. The fourth-order valence-corrected chi connectivity index (χ4v) is 2.82. The van der Waals surface area contributed by atoms with Crippen LogP contribution in [0.4, 0.5) is 0 Å². The summed E-state index contributed by atoms with van der Waals surface area (Å²) in [5.74, 6) is -0.397. The highest BCUT2D eigenvalue weighted by Crippen LogP contribution is 2.46. The molecule has 1 heterocycles. The lowest BCUT2D eigenvalue weighted by molar-refractivity contribution is 0.0697. The maximum atomic E-state index is 12.0. The second kappa shape index (κ2) is 4.26. The molecule has 0 spiro atoms. The predicted octanol–water partition coefficient (Wildman–Crippen LogP) is 2.39. The average molecular weight is 260 g/mol. The molecule has 2 aromatic rings. The zero-order chi connectivity index (χ0) is 13.6. The van der Waals surface area contributed by atoms with Crippen molar-refractivity contribution in [2.45, 2.75) is 32.2 Å². The van der Waals surface area contributed by atoms with E-state index >= 15 is 0 Å². The second-order valence-corrected chi connectivity index (χ2v) is 5.19. The molecule has 1 aliphatic carbocycles. The van der Waals surface area contributed by atoms with Gasteiger partial charge in [-0.15, -0.1) is 0 Å². The number of fused-ring (bicyclic) bond motifs is 1. The van der Waals surface area contributed by atoms with Crippen LogP contribution in [-0.2, 0) is 0 Å². The molecular formula is C14H16N2O3. The monoisotopic (exact) mass is 260 g/mol. The van der Waals surface area contributed by atoms with E-state index in [4.69, 9.17) is 5.11 Å². The van der Waals surface area contributed by atoms with Crippen LogP contribution < -0.4 is 5.69 Å². The van der Waals surface area contributed by atoms with Crippen molar-refractivity contribution >= 4 is 17.0 Å². The Morgan fingerprint density at radius 2 is 2.32 bits per heavy atom. The van der Waals surface area contributed by atoms with Crippen LogP contribution in [0.5, 0.6) is 0 Å². The van der Waals surface area contributed by atoms with Crippen molar-refractivity contribution in [3.63, 3.8) is 0 Å². The van der Waals surface area contributed by atoms with Crippen LogP contribution in [0.2, 0.25) is 0 Å². The Kier molecular flexibility index (Phi) is 2.69. The van der Waals surface area contributed by atoms with Crippen molar-refractivity contribution in [1.82, 2.24) is 9.55 Å². The number of nitrogens with one attached hydrogen (secondary N) is 1. The SMILES string of the molecule is CCCC1CC1n1c(=O)[nH]c2cc(C(=O)O)ccc21. The molecule has 1 aromatic heterocycles. The standard InChI is InChI=1S/C14H16N2O3/c1-2-3-8-7-12(8)16-11-5-4-9(13(17)18)6-10(11)15-14(16)19/h4-6,8,12H,2-3,7H2,1H3,(H,15,19)(H,17,18). The molecular weight excluding hydrogens is 244 g/mol. The van der Waals surface area contributed by atoms with Gasteiger partial charge in [-0.05, 0) is 37.0 Å². The number of rotatable bonds is 4. The maximum absolute atomic E-state index is 12.0. The summed E-state index contributed by atoms with van der Waals surface area (Å²) in [6.07, 6.45) is 3.31. The molecule has 0 amide bonds. The topological polar surface area (TPSA) is 75.1 Å². The third kappa shape index (κ3) is 1.95. The molecule has 0 saturated heterocycles. The van der Waals surface area contributed by atoms with Crippen LogP contribution in [0.3, 0.4) is 0 Å². The molecule has 0 bridgehead atoms. The van der Waals surface area contributed by atoms with Gasteiger partial charge < -0.3 is 10.1 Å². The number of nitrogens with zero attached hydrogens (tertiary/aromatic N) is 1. The highest BCUT2D eigenvalue weighted by Gasteiger charge is 2.39. The van der Waals surface area contributed by atoms with Gasteiger partial charge in [0.15, 0.2) is 0 Å². The van der Waals surface area contributed by atoms with E-state index in [1.807, 2.05) is 0 Å². The van der Waals surface area contributed by atoms with Gasteiger partial charge in [0.1, 0.15) is 0 Å². The van der Waals surface area contributed by atoms with Crippen molar-refractivity contribution in [1.29, 1.82) is 0 Å². The minimum Gasteiger partial charge on any atom is -0.478 e. The molecule has 1 aromatic carbocycles. The summed E-state index contributed by atoms with van der Waals surface area (Å²) < 4.78 is 1.78.